The van der Waals surface area contributed by atoms with Crippen LogP contribution in [0.25, 0.3) is 21.8 Å². The molecule has 0 saturated carbocycles. The standard InChI is InChI=1S/C17H14ClFN4O2S/c1-2-3-7-13-22-15(10-5-4-6-12(14(10)19)23(24)25)16(26-13)11-8-9-20-17(18)21-11/h4-6,8-9H,2-3,7H2,1H3. The van der Waals surface area contributed by atoms with E-state index in [1.165, 1.54) is 29.7 Å². The molecule has 0 aliphatic heterocycles. The predicted octanol–water partition coefficient (Wildman–Crippen LogP) is 5.31. The van der Waals surface area contributed by atoms with Crippen molar-refractivity contribution in [1.29, 1.82) is 0 Å². The van der Waals surface area contributed by atoms with Gasteiger partial charge in [-0.2, -0.15) is 4.39 Å². The lowest BCUT2D eigenvalue weighted by Gasteiger charge is -2.04. The van der Waals surface area contributed by atoms with Gasteiger partial charge in [-0.3, -0.25) is 10.1 Å². The van der Waals surface area contributed by atoms with Crippen LogP contribution in [0, 0.1) is 15.9 Å². The van der Waals surface area contributed by atoms with Crippen LogP contribution in [0.3, 0.4) is 0 Å². The van der Waals surface area contributed by atoms with E-state index in [4.69, 9.17) is 11.6 Å². The third-order valence-electron chi connectivity index (χ3n) is 3.70. The SMILES string of the molecule is CCCCc1nc(-c2cccc([N+](=O)[O-])c2F)c(-c2ccnc(Cl)n2)s1. The smallest absolute Gasteiger partial charge is 0.258 e. The number of hydrogen-bond donors (Lipinski definition) is 0. The Hall–Kier alpha value is -2.45. The molecule has 0 aliphatic rings. The third kappa shape index (κ3) is 3.71. The monoisotopic (exact) mass is 392 g/mol. The van der Waals surface area contributed by atoms with Gasteiger partial charge in [0.15, 0.2) is 0 Å². The molecule has 134 valence electrons. The van der Waals surface area contributed by atoms with E-state index in [1.807, 2.05) is 0 Å². The van der Waals surface area contributed by atoms with Crippen molar-refractivity contribution in [3.8, 4) is 21.8 Å². The molecule has 0 N–H and O–H groups in total. The van der Waals surface area contributed by atoms with Crippen molar-refractivity contribution in [2.45, 2.75) is 26.2 Å². The van der Waals surface area contributed by atoms with Crippen LogP contribution in [-0.2, 0) is 6.42 Å². The topological polar surface area (TPSA) is 81.8 Å². The summed E-state index contributed by atoms with van der Waals surface area (Å²) in [6, 6.07) is 5.71. The fourth-order valence-corrected chi connectivity index (χ4v) is 3.70. The molecule has 0 atom stereocenters. The number of rotatable bonds is 6. The maximum atomic E-state index is 14.7. The van der Waals surface area contributed by atoms with Crippen molar-refractivity contribution in [3.63, 3.8) is 0 Å². The van der Waals surface area contributed by atoms with Gasteiger partial charge < -0.3 is 0 Å². The zero-order chi connectivity index (χ0) is 18.7. The molecular weight excluding hydrogens is 379 g/mol. The largest absolute Gasteiger partial charge is 0.305 e. The summed E-state index contributed by atoms with van der Waals surface area (Å²) in [5, 5.41) is 11.9. The number of aryl methyl sites for hydroxylation is 1. The normalized spacial score (nSPS) is 10.9. The van der Waals surface area contributed by atoms with Crippen LogP contribution in [0.15, 0.2) is 30.5 Å². The first-order valence-corrected chi connectivity index (χ1v) is 9.12. The molecule has 0 unspecified atom stereocenters. The van der Waals surface area contributed by atoms with Gasteiger partial charge in [0.25, 0.3) is 0 Å². The highest BCUT2D eigenvalue weighted by atomic mass is 35.5. The number of hydrogen-bond acceptors (Lipinski definition) is 6. The average molecular weight is 393 g/mol. The number of aromatic nitrogens is 3. The summed E-state index contributed by atoms with van der Waals surface area (Å²) >= 11 is 7.26. The van der Waals surface area contributed by atoms with Gasteiger partial charge in [0.05, 0.1) is 26.2 Å². The minimum absolute atomic E-state index is 0.0662. The molecule has 0 spiro atoms. The highest BCUT2D eigenvalue weighted by Crippen LogP contribution is 2.39. The van der Waals surface area contributed by atoms with Gasteiger partial charge in [-0.05, 0) is 36.6 Å². The number of nitro groups is 1. The first-order valence-electron chi connectivity index (χ1n) is 7.93. The van der Waals surface area contributed by atoms with E-state index in [2.05, 4.69) is 21.9 Å². The third-order valence-corrected chi connectivity index (χ3v) is 5.02. The Labute approximate surface area is 157 Å². The number of unbranched alkanes of at least 4 members (excludes halogenated alkanes) is 1. The van der Waals surface area contributed by atoms with E-state index in [-0.39, 0.29) is 10.8 Å². The Bertz CT molecular complexity index is 964. The van der Waals surface area contributed by atoms with Crippen LogP contribution < -0.4 is 0 Å². The van der Waals surface area contributed by atoms with E-state index >= 15 is 0 Å². The summed E-state index contributed by atoms with van der Waals surface area (Å²) in [6.45, 7) is 2.07. The van der Waals surface area contributed by atoms with Gasteiger partial charge in [0.1, 0.15) is 0 Å². The second kappa shape index (κ2) is 7.84. The summed E-state index contributed by atoms with van der Waals surface area (Å²) in [5.74, 6) is -0.911. The van der Waals surface area contributed by atoms with Crippen LogP contribution in [-0.4, -0.2) is 19.9 Å². The molecule has 0 aliphatic carbocycles. The molecule has 2 aromatic heterocycles. The van der Waals surface area contributed by atoms with Crippen LogP contribution in [0.2, 0.25) is 5.28 Å². The molecule has 0 amide bonds. The quantitative estimate of drug-likeness (QED) is 0.322. The van der Waals surface area contributed by atoms with Gasteiger partial charge in [-0.15, -0.1) is 11.3 Å². The number of halogens is 2. The van der Waals surface area contributed by atoms with Crippen molar-refractivity contribution >= 4 is 28.6 Å². The summed E-state index contributed by atoms with van der Waals surface area (Å²) in [7, 11) is 0. The van der Waals surface area contributed by atoms with Crippen LogP contribution in [0.5, 0.6) is 0 Å². The second-order valence-corrected chi connectivity index (χ2v) is 6.92. The predicted molar refractivity (Wildman–Crippen MR) is 98.8 cm³/mol. The summed E-state index contributed by atoms with van der Waals surface area (Å²) in [5.41, 5.74) is 0.323. The lowest BCUT2D eigenvalue weighted by Crippen LogP contribution is -1.96. The Morgan fingerprint density at radius 3 is 2.81 bits per heavy atom. The molecule has 0 radical (unpaired) electrons. The molecule has 0 fully saturated rings. The Morgan fingerprint density at radius 2 is 2.12 bits per heavy atom. The van der Waals surface area contributed by atoms with E-state index in [0.29, 0.717) is 16.3 Å². The number of thiazole rings is 1. The zero-order valence-electron chi connectivity index (χ0n) is 13.8. The molecule has 6 nitrogen and oxygen atoms in total. The van der Waals surface area contributed by atoms with Crippen molar-refractivity contribution in [2.24, 2.45) is 0 Å². The minimum Gasteiger partial charge on any atom is -0.258 e. The van der Waals surface area contributed by atoms with E-state index in [1.54, 1.807) is 6.07 Å². The zero-order valence-corrected chi connectivity index (χ0v) is 15.4. The Kier molecular flexibility index (Phi) is 5.53. The molecule has 3 rings (SSSR count). The van der Waals surface area contributed by atoms with E-state index in [9.17, 15) is 14.5 Å². The van der Waals surface area contributed by atoms with Crippen LogP contribution in [0.4, 0.5) is 10.1 Å². The summed E-state index contributed by atoms with van der Waals surface area (Å²) in [4.78, 5) is 23.5. The van der Waals surface area contributed by atoms with Gasteiger partial charge in [0.2, 0.25) is 11.1 Å². The van der Waals surface area contributed by atoms with Crippen LogP contribution in [0.1, 0.15) is 24.8 Å². The van der Waals surface area contributed by atoms with Crippen molar-refractivity contribution < 1.29 is 9.31 Å². The molecule has 3 aromatic rings. The number of nitro benzene ring substituents is 1. The van der Waals surface area contributed by atoms with Gasteiger partial charge in [-0.1, -0.05) is 19.4 Å². The minimum atomic E-state index is -0.911. The van der Waals surface area contributed by atoms with Gasteiger partial charge >= 0.3 is 5.69 Å². The van der Waals surface area contributed by atoms with Gasteiger partial charge in [-0.25, -0.2) is 15.0 Å². The van der Waals surface area contributed by atoms with Crippen LogP contribution >= 0.6 is 22.9 Å². The molecule has 1 aromatic carbocycles. The molecule has 0 saturated heterocycles. The van der Waals surface area contributed by atoms with Crippen molar-refractivity contribution in [2.75, 3.05) is 0 Å². The first kappa shape index (κ1) is 18.3. The lowest BCUT2D eigenvalue weighted by molar-refractivity contribution is -0.387. The summed E-state index contributed by atoms with van der Waals surface area (Å²) < 4.78 is 14.7. The Balaban J connectivity index is 2.18. The maximum absolute atomic E-state index is 14.7. The summed E-state index contributed by atoms with van der Waals surface area (Å²) in [6.07, 6.45) is 4.18. The molecule has 9 heteroatoms. The van der Waals surface area contributed by atoms with Crippen molar-refractivity contribution in [3.05, 3.63) is 56.7 Å². The number of benzene rings is 1. The lowest BCUT2D eigenvalue weighted by atomic mass is 10.1. The fraction of sp³-hybridized carbons (Fsp3) is 0.235. The first-order chi connectivity index (χ1) is 12.5. The molecule has 26 heavy (non-hydrogen) atoms. The van der Waals surface area contributed by atoms with Gasteiger partial charge in [0, 0.05) is 17.8 Å². The Morgan fingerprint density at radius 1 is 1.31 bits per heavy atom. The molecule has 0 bridgehead atoms. The molecule has 2 heterocycles. The highest BCUT2D eigenvalue weighted by molar-refractivity contribution is 7.15. The number of nitrogens with zero attached hydrogens (tertiary/aromatic N) is 4. The van der Waals surface area contributed by atoms with E-state index < -0.39 is 16.4 Å². The van der Waals surface area contributed by atoms with E-state index in [0.717, 1.165) is 30.3 Å². The average Bonchev–Trinajstić information content (AvgIpc) is 3.04. The maximum Gasteiger partial charge on any atom is 0.305 e. The highest BCUT2D eigenvalue weighted by Gasteiger charge is 2.24. The fourth-order valence-electron chi connectivity index (χ4n) is 2.46. The van der Waals surface area contributed by atoms with Crippen molar-refractivity contribution in [1.82, 2.24) is 15.0 Å². The second-order valence-electron chi connectivity index (χ2n) is 5.50. The molecular formula is C17H14ClFN4O2S.